The smallest absolute Gasteiger partial charge is 0.158 e. The summed E-state index contributed by atoms with van der Waals surface area (Å²) in [5.41, 5.74) is 1.11. The molecule has 2 nitrogen and oxygen atoms in total. The van der Waals surface area contributed by atoms with Crippen molar-refractivity contribution in [2.45, 2.75) is 32.1 Å². The number of rotatable bonds is 1. The van der Waals surface area contributed by atoms with Crippen molar-refractivity contribution in [2.75, 3.05) is 13.2 Å². The molecule has 0 aromatic heterocycles. The third-order valence-corrected chi connectivity index (χ3v) is 2.96. The van der Waals surface area contributed by atoms with Crippen molar-refractivity contribution in [2.24, 2.45) is 5.92 Å². The largest absolute Gasteiger partial charge is 0.381 e. The van der Waals surface area contributed by atoms with Crippen molar-refractivity contribution in [3.63, 3.8) is 0 Å². The Labute approximate surface area is 79.0 Å². The van der Waals surface area contributed by atoms with Gasteiger partial charge in [-0.1, -0.05) is 6.08 Å². The summed E-state index contributed by atoms with van der Waals surface area (Å²) in [5.74, 6) is 0.889. The number of ketones is 1. The van der Waals surface area contributed by atoms with Crippen molar-refractivity contribution in [1.82, 2.24) is 0 Å². The highest BCUT2D eigenvalue weighted by atomic mass is 16.5. The SMILES string of the molecule is O=C1CCCC=C1C1CCOCC1. The molecule has 0 N–H and O–H groups in total. The van der Waals surface area contributed by atoms with E-state index in [0.29, 0.717) is 11.7 Å². The number of ether oxygens (including phenoxy) is 1. The highest BCUT2D eigenvalue weighted by Crippen LogP contribution is 2.28. The fourth-order valence-electron chi connectivity index (χ4n) is 2.18. The first-order valence-corrected chi connectivity index (χ1v) is 5.19. The van der Waals surface area contributed by atoms with Gasteiger partial charge in [0.15, 0.2) is 5.78 Å². The molecule has 0 bridgehead atoms. The quantitative estimate of drug-likeness (QED) is 0.617. The summed E-state index contributed by atoms with van der Waals surface area (Å²) in [7, 11) is 0. The normalized spacial score (nSPS) is 25.8. The molecule has 1 aliphatic carbocycles. The van der Waals surface area contributed by atoms with Gasteiger partial charge in [-0.15, -0.1) is 0 Å². The fraction of sp³-hybridized carbons (Fsp3) is 0.727. The average Bonchev–Trinajstić information content (AvgIpc) is 2.20. The molecule has 0 amide bonds. The summed E-state index contributed by atoms with van der Waals surface area (Å²) in [5, 5.41) is 0. The van der Waals surface area contributed by atoms with E-state index >= 15 is 0 Å². The first-order chi connectivity index (χ1) is 6.38. The zero-order valence-electron chi connectivity index (χ0n) is 7.92. The predicted octanol–water partition coefficient (Wildman–Crippen LogP) is 2.09. The Kier molecular flexibility index (Phi) is 2.79. The molecule has 0 aromatic carbocycles. The van der Waals surface area contributed by atoms with Crippen molar-refractivity contribution in [3.8, 4) is 0 Å². The molecule has 0 saturated carbocycles. The molecular weight excluding hydrogens is 164 g/mol. The van der Waals surface area contributed by atoms with E-state index in [1.165, 1.54) is 0 Å². The van der Waals surface area contributed by atoms with Crippen LogP contribution in [0.15, 0.2) is 11.6 Å². The molecule has 0 atom stereocenters. The van der Waals surface area contributed by atoms with Gasteiger partial charge in [0, 0.05) is 19.6 Å². The number of hydrogen-bond donors (Lipinski definition) is 0. The Morgan fingerprint density at radius 3 is 2.77 bits per heavy atom. The summed E-state index contributed by atoms with van der Waals surface area (Å²) in [6.07, 6.45) is 7.14. The van der Waals surface area contributed by atoms with Crippen LogP contribution in [0.2, 0.25) is 0 Å². The lowest BCUT2D eigenvalue weighted by atomic mass is 9.84. The topological polar surface area (TPSA) is 26.3 Å². The first-order valence-electron chi connectivity index (χ1n) is 5.19. The number of hydrogen-bond acceptors (Lipinski definition) is 2. The van der Waals surface area contributed by atoms with Gasteiger partial charge >= 0.3 is 0 Å². The van der Waals surface area contributed by atoms with E-state index in [4.69, 9.17) is 4.74 Å². The maximum Gasteiger partial charge on any atom is 0.158 e. The minimum Gasteiger partial charge on any atom is -0.381 e. The fourth-order valence-corrected chi connectivity index (χ4v) is 2.18. The molecule has 1 saturated heterocycles. The second kappa shape index (κ2) is 4.05. The molecule has 0 spiro atoms. The van der Waals surface area contributed by atoms with Crippen LogP contribution in [0.3, 0.4) is 0 Å². The van der Waals surface area contributed by atoms with E-state index in [0.717, 1.165) is 50.9 Å². The van der Waals surface area contributed by atoms with Crippen LogP contribution in [0.25, 0.3) is 0 Å². The summed E-state index contributed by atoms with van der Waals surface area (Å²) in [6, 6.07) is 0. The van der Waals surface area contributed by atoms with Gasteiger partial charge in [-0.2, -0.15) is 0 Å². The van der Waals surface area contributed by atoms with E-state index in [1.54, 1.807) is 0 Å². The van der Waals surface area contributed by atoms with Gasteiger partial charge in [-0.05, 0) is 37.2 Å². The van der Waals surface area contributed by atoms with Crippen molar-refractivity contribution in [1.29, 1.82) is 0 Å². The van der Waals surface area contributed by atoms with E-state index in [9.17, 15) is 4.79 Å². The molecule has 1 fully saturated rings. The zero-order chi connectivity index (χ0) is 9.10. The maximum absolute atomic E-state index is 11.6. The summed E-state index contributed by atoms with van der Waals surface area (Å²) < 4.78 is 5.29. The number of Topliss-reactive ketones (excluding diaryl/α,β-unsaturated/α-hetero) is 1. The van der Waals surface area contributed by atoms with E-state index < -0.39 is 0 Å². The molecule has 2 heteroatoms. The van der Waals surface area contributed by atoms with Crippen molar-refractivity contribution < 1.29 is 9.53 Å². The molecule has 1 heterocycles. The Morgan fingerprint density at radius 2 is 2.08 bits per heavy atom. The van der Waals surface area contributed by atoms with Gasteiger partial charge in [0.2, 0.25) is 0 Å². The van der Waals surface area contributed by atoms with Gasteiger partial charge in [0.25, 0.3) is 0 Å². The highest BCUT2D eigenvalue weighted by molar-refractivity contribution is 5.96. The molecule has 0 unspecified atom stereocenters. The van der Waals surface area contributed by atoms with Gasteiger partial charge in [-0.3, -0.25) is 4.79 Å². The Bertz CT molecular complexity index is 224. The molecule has 72 valence electrons. The maximum atomic E-state index is 11.6. The second-order valence-corrected chi connectivity index (χ2v) is 3.86. The lowest BCUT2D eigenvalue weighted by molar-refractivity contribution is -0.116. The molecule has 0 radical (unpaired) electrons. The van der Waals surface area contributed by atoms with E-state index in [1.807, 2.05) is 0 Å². The number of allylic oxidation sites excluding steroid dienone is 2. The molecule has 0 aromatic rings. The first kappa shape index (κ1) is 8.95. The minimum absolute atomic E-state index is 0.387. The third-order valence-electron chi connectivity index (χ3n) is 2.96. The van der Waals surface area contributed by atoms with Gasteiger partial charge in [-0.25, -0.2) is 0 Å². The van der Waals surface area contributed by atoms with Gasteiger partial charge in [0.05, 0.1) is 0 Å². The van der Waals surface area contributed by atoms with Crippen LogP contribution >= 0.6 is 0 Å². The monoisotopic (exact) mass is 180 g/mol. The standard InChI is InChI=1S/C11H16O2/c12-11-4-2-1-3-10(11)9-5-7-13-8-6-9/h3,9H,1-2,4-8H2. The zero-order valence-corrected chi connectivity index (χ0v) is 7.92. The Balaban J connectivity index is 2.04. The van der Waals surface area contributed by atoms with Crippen LogP contribution in [-0.2, 0) is 9.53 Å². The molecule has 1 aliphatic heterocycles. The summed E-state index contributed by atoms with van der Waals surface area (Å²) in [6.45, 7) is 1.66. The average molecular weight is 180 g/mol. The van der Waals surface area contributed by atoms with Crippen LogP contribution in [0.1, 0.15) is 32.1 Å². The second-order valence-electron chi connectivity index (χ2n) is 3.86. The minimum atomic E-state index is 0.387. The Morgan fingerprint density at radius 1 is 1.31 bits per heavy atom. The highest BCUT2D eigenvalue weighted by Gasteiger charge is 2.24. The van der Waals surface area contributed by atoms with Crippen LogP contribution in [-0.4, -0.2) is 19.0 Å². The third kappa shape index (κ3) is 1.99. The van der Waals surface area contributed by atoms with Crippen molar-refractivity contribution in [3.05, 3.63) is 11.6 Å². The lowest BCUT2D eigenvalue weighted by Crippen LogP contribution is -2.23. The number of carbonyl (C=O) groups is 1. The van der Waals surface area contributed by atoms with Crippen LogP contribution in [0, 0.1) is 5.92 Å². The molecule has 13 heavy (non-hydrogen) atoms. The molecule has 2 rings (SSSR count). The van der Waals surface area contributed by atoms with Crippen LogP contribution < -0.4 is 0 Å². The van der Waals surface area contributed by atoms with E-state index in [-0.39, 0.29) is 0 Å². The lowest BCUT2D eigenvalue weighted by Gasteiger charge is -2.25. The van der Waals surface area contributed by atoms with Crippen LogP contribution in [0.5, 0.6) is 0 Å². The van der Waals surface area contributed by atoms with E-state index in [2.05, 4.69) is 6.08 Å². The molecule has 2 aliphatic rings. The summed E-state index contributed by atoms with van der Waals surface area (Å²) in [4.78, 5) is 11.6. The Hall–Kier alpha value is -0.630. The van der Waals surface area contributed by atoms with Gasteiger partial charge < -0.3 is 4.74 Å². The predicted molar refractivity (Wildman–Crippen MR) is 50.5 cm³/mol. The number of carbonyl (C=O) groups excluding carboxylic acids is 1. The van der Waals surface area contributed by atoms with Crippen LogP contribution in [0.4, 0.5) is 0 Å². The summed E-state index contributed by atoms with van der Waals surface area (Å²) >= 11 is 0. The van der Waals surface area contributed by atoms with Crippen molar-refractivity contribution >= 4 is 5.78 Å². The van der Waals surface area contributed by atoms with Gasteiger partial charge in [0.1, 0.15) is 0 Å². The molecular formula is C11H16O2.